The Morgan fingerprint density at radius 1 is 1.25 bits per heavy atom. The summed E-state index contributed by atoms with van der Waals surface area (Å²) in [5.74, 6) is 0.618. The van der Waals surface area contributed by atoms with E-state index in [1.165, 1.54) is 29.4 Å². The summed E-state index contributed by atoms with van der Waals surface area (Å²) in [6, 6.07) is 5.47. The number of aromatic nitrogens is 5. The van der Waals surface area contributed by atoms with E-state index in [4.69, 9.17) is 23.2 Å². The molecule has 1 saturated carbocycles. The number of pyridine rings is 1. The maximum atomic E-state index is 5.85. The average molecular weight is 308 g/mol. The van der Waals surface area contributed by atoms with Crippen LogP contribution in [0.2, 0.25) is 10.2 Å². The molecule has 1 fully saturated rings. The number of rotatable bonds is 1. The molecule has 0 N–H and O–H groups in total. The number of fused-ring (bicyclic) bond motifs is 1. The van der Waals surface area contributed by atoms with Crippen molar-refractivity contribution >= 4 is 28.8 Å². The molecule has 3 aromatic heterocycles. The topological polar surface area (TPSA) is 56.0 Å². The van der Waals surface area contributed by atoms with Gasteiger partial charge in [0.2, 0.25) is 0 Å². The minimum atomic E-state index is 0.486. The Morgan fingerprint density at radius 2 is 2.10 bits per heavy atom. The number of nitrogens with zero attached hydrogens (tertiary/aromatic N) is 5. The highest BCUT2D eigenvalue weighted by molar-refractivity contribution is 6.30. The predicted molar refractivity (Wildman–Crippen MR) is 77.0 cm³/mol. The summed E-state index contributed by atoms with van der Waals surface area (Å²) in [7, 11) is 0. The van der Waals surface area contributed by atoms with E-state index in [0.29, 0.717) is 16.1 Å². The second kappa shape index (κ2) is 5.73. The zero-order valence-electron chi connectivity index (χ0n) is 10.4. The van der Waals surface area contributed by atoms with Crippen molar-refractivity contribution in [1.82, 2.24) is 24.8 Å². The lowest BCUT2D eigenvalue weighted by atomic mass is 10.2. The van der Waals surface area contributed by atoms with E-state index < -0.39 is 0 Å². The van der Waals surface area contributed by atoms with E-state index in [1.54, 1.807) is 24.5 Å². The van der Waals surface area contributed by atoms with Gasteiger partial charge in [0.05, 0.1) is 5.02 Å². The largest absolute Gasteiger partial charge is 0.263 e. The maximum absolute atomic E-state index is 5.85. The molecule has 1 aliphatic rings. The molecule has 0 amide bonds. The van der Waals surface area contributed by atoms with Crippen LogP contribution in [0.3, 0.4) is 0 Å². The van der Waals surface area contributed by atoms with Gasteiger partial charge in [-0.1, -0.05) is 23.2 Å². The standard InChI is InChI=1S/C8H7ClN4.C5H4ClN/c9-7-3-6(5-1-2-5)8-10-4-11-13(8)12-7;6-5-2-1-3-7-4-5/h3-5H,1-2H2;1-4H. The molecule has 5 nitrogen and oxygen atoms in total. The van der Waals surface area contributed by atoms with Gasteiger partial charge in [-0.3, -0.25) is 4.98 Å². The SMILES string of the molecule is Clc1cc(C2CC2)c2ncnn2n1.Clc1cccnc1. The Balaban J connectivity index is 0.000000147. The highest BCUT2D eigenvalue weighted by Crippen LogP contribution is 2.41. The fraction of sp³-hybridized carbons (Fsp3) is 0.231. The molecule has 0 unspecified atom stereocenters. The first-order valence-corrected chi connectivity index (χ1v) is 6.91. The van der Waals surface area contributed by atoms with E-state index in [1.807, 2.05) is 6.07 Å². The first kappa shape index (κ1) is 13.3. The van der Waals surface area contributed by atoms with Gasteiger partial charge in [0.1, 0.15) is 6.33 Å². The van der Waals surface area contributed by atoms with E-state index in [0.717, 1.165) is 5.65 Å². The Kier molecular flexibility index (Phi) is 3.80. The van der Waals surface area contributed by atoms with Gasteiger partial charge in [-0.05, 0) is 37.0 Å². The zero-order chi connectivity index (χ0) is 13.9. The first-order valence-electron chi connectivity index (χ1n) is 6.16. The summed E-state index contributed by atoms with van der Waals surface area (Å²) in [4.78, 5) is 7.90. The van der Waals surface area contributed by atoms with Crippen molar-refractivity contribution in [3.05, 3.63) is 52.7 Å². The quantitative estimate of drug-likeness (QED) is 0.691. The minimum Gasteiger partial charge on any atom is -0.263 e. The van der Waals surface area contributed by atoms with Crippen LogP contribution in [-0.4, -0.2) is 24.8 Å². The van der Waals surface area contributed by atoms with Crippen molar-refractivity contribution in [3.63, 3.8) is 0 Å². The molecular weight excluding hydrogens is 297 g/mol. The Morgan fingerprint density at radius 3 is 2.70 bits per heavy atom. The molecule has 7 heteroatoms. The van der Waals surface area contributed by atoms with Crippen LogP contribution < -0.4 is 0 Å². The van der Waals surface area contributed by atoms with Gasteiger partial charge in [-0.25, -0.2) is 4.98 Å². The molecule has 102 valence electrons. The van der Waals surface area contributed by atoms with E-state index in [2.05, 4.69) is 20.2 Å². The normalized spacial score (nSPS) is 13.9. The van der Waals surface area contributed by atoms with Crippen LogP contribution in [0.5, 0.6) is 0 Å². The molecular formula is C13H11Cl2N5. The molecule has 0 saturated heterocycles. The van der Waals surface area contributed by atoms with Gasteiger partial charge in [-0.15, -0.1) is 14.8 Å². The number of hydrogen-bond acceptors (Lipinski definition) is 4. The molecule has 4 rings (SSSR count). The van der Waals surface area contributed by atoms with Crippen LogP contribution in [0.4, 0.5) is 0 Å². The van der Waals surface area contributed by atoms with Gasteiger partial charge >= 0.3 is 0 Å². The molecule has 3 heterocycles. The first-order chi connectivity index (χ1) is 9.74. The van der Waals surface area contributed by atoms with Gasteiger partial charge in [0.25, 0.3) is 0 Å². The van der Waals surface area contributed by atoms with Crippen LogP contribution in [-0.2, 0) is 0 Å². The summed E-state index contributed by atoms with van der Waals surface area (Å²) < 4.78 is 1.50. The third-order valence-electron chi connectivity index (χ3n) is 2.90. The van der Waals surface area contributed by atoms with Crippen molar-refractivity contribution in [2.75, 3.05) is 0 Å². The Hall–Kier alpha value is -1.72. The molecule has 0 spiro atoms. The predicted octanol–water partition coefficient (Wildman–Crippen LogP) is 3.39. The summed E-state index contributed by atoms with van der Waals surface area (Å²) in [5.41, 5.74) is 2.02. The Labute approximate surface area is 125 Å². The second-order valence-electron chi connectivity index (χ2n) is 4.44. The van der Waals surface area contributed by atoms with E-state index in [-0.39, 0.29) is 0 Å². The van der Waals surface area contributed by atoms with Gasteiger partial charge in [0.15, 0.2) is 10.8 Å². The van der Waals surface area contributed by atoms with Crippen LogP contribution in [0.1, 0.15) is 24.3 Å². The van der Waals surface area contributed by atoms with Gasteiger partial charge in [0, 0.05) is 18.0 Å². The van der Waals surface area contributed by atoms with E-state index in [9.17, 15) is 0 Å². The lowest BCUT2D eigenvalue weighted by Gasteiger charge is -1.99. The van der Waals surface area contributed by atoms with Crippen LogP contribution in [0.15, 0.2) is 36.9 Å². The van der Waals surface area contributed by atoms with Crippen molar-refractivity contribution in [2.45, 2.75) is 18.8 Å². The fourth-order valence-electron chi connectivity index (χ4n) is 1.85. The average Bonchev–Trinajstić information content (AvgIpc) is 3.18. The van der Waals surface area contributed by atoms with Crippen molar-refractivity contribution < 1.29 is 0 Å². The van der Waals surface area contributed by atoms with Crippen molar-refractivity contribution in [3.8, 4) is 0 Å². The summed E-state index contributed by atoms with van der Waals surface area (Å²) in [6.07, 6.45) is 7.24. The molecule has 3 aromatic rings. The molecule has 0 aliphatic heterocycles. The van der Waals surface area contributed by atoms with Gasteiger partial charge in [-0.2, -0.15) is 0 Å². The number of hydrogen-bond donors (Lipinski definition) is 0. The minimum absolute atomic E-state index is 0.486. The molecule has 20 heavy (non-hydrogen) atoms. The van der Waals surface area contributed by atoms with Crippen molar-refractivity contribution in [1.29, 1.82) is 0 Å². The third kappa shape index (κ3) is 3.05. The fourth-order valence-corrected chi connectivity index (χ4v) is 2.17. The highest BCUT2D eigenvalue weighted by atomic mass is 35.5. The van der Waals surface area contributed by atoms with Gasteiger partial charge < -0.3 is 0 Å². The molecule has 0 radical (unpaired) electrons. The summed E-state index contributed by atoms with van der Waals surface area (Å²) >= 11 is 11.3. The smallest absolute Gasteiger partial charge is 0.179 e. The molecule has 1 aliphatic carbocycles. The van der Waals surface area contributed by atoms with Crippen molar-refractivity contribution in [2.24, 2.45) is 0 Å². The molecule has 0 aromatic carbocycles. The summed E-state index contributed by atoms with van der Waals surface area (Å²) in [5, 5.41) is 9.14. The van der Waals surface area contributed by atoms with Crippen LogP contribution >= 0.6 is 23.2 Å². The number of halogens is 2. The molecule has 0 atom stereocenters. The second-order valence-corrected chi connectivity index (χ2v) is 5.26. The molecule has 0 bridgehead atoms. The monoisotopic (exact) mass is 307 g/mol. The van der Waals surface area contributed by atoms with E-state index >= 15 is 0 Å². The lowest BCUT2D eigenvalue weighted by Crippen LogP contribution is -1.97. The Bertz CT molecular complexity index is 709. The van der Waals surface area contributed by atoms with Crippen LogP contribution in [0, 0.1) is 0 Å². The summed E-state index contributed by atoms with van der Waals surface area (Å²) in [6.45, 7) is 0. The zero-order valence-corrected chi connectivity index (χ0v) is 12.0. The van der Waals surface area contributed by atoms with Crippen LogP contribution in [0.25, 0.3) is 5.65 Å². The third-order valence-corrected chi connectivity index (χ3v) is 3.30. The maximum Gasteiger partial charge on any atom is 0.179 e. The highest BCUT2D eigenvalue weighted by Gasteiger charge is 2.27. The lowest BCUT2D eigenvalue weighted by molar-refractivity contribution is 0.791.